The topological polar surface area (TPSA) is 75.7 Å². The zero-order valence-corrected chi connectivity index (χ0v) is 20.1. The molecule has 180 valence electrons. The van der Waals surface area contributed by atoms with E-state index in [-0.39, 0.29) is 30.7 Å². The number of ether oxygens (including phenoxy) is 1. The Labute approximate surface area is 200 Å². The highest BCUT2D eigenvalue weighted by Crippen LogP contribution is 2.24. The van der Waals surface area contributed by atoms with E-state index in [0.29, 0.717) is 11.4 Å². The number of anilines is 1. The fraction of sp³-hybridized carbons (Fsp3) is 0.269. The van der Waals surface area contributed by atoms with Gasteiger partial charge in [0.2, 0.25) is 10.0 Å². The highest BCUT2D eigenvalue weighted by Gasteiger charge is 2.19. The lowest BCUT2D eigenvalue weighted by Gasteiger charge is -2.23. The van der Waals surface area contributed by atoms with Crippen LogP contribution in [0.2, 0.25) is 0 Å². The fourth-order valence-electron chi connectivity index (χ4n) is 3.46. The van der Waals surface area contributed by atoms with E-state index in [0.717, 1.165) is 23.4 Å². The number of hydrogen-bond acceptors (Lipinski definition) is 4. The quantitative estimate of drug-likeness (QED) is 0.440. The van der Waals surface area contributed by atoms with Gasteiger partial charge in [0.1, 0.15) is 11.6 Å². The molecule has 3 rings (SSSR count). The lowest BCUT2D eigenvalue weighted by molar-refractivity contribution is -0.123. The maximum atomic E-state index is 14.0. The van der Waals surface area contributed by atoms with Crippen LogP contribution in [-0.2, 0) is 27.8 Å². The van der Waals surface area contributed by atoms with Gasteiger partial charge < -0.3 is 10.1 Å². The van der Waals surface area contributed by atoms with Crippen molar-refractivity contribution in [2.75, 3.05) is 17.2 Å². The number of sulfonamides is 1. The number of carbonyl (C=O) groups is 1. The number of halogens is 1. The molecule has 6 nitrogen and oxygen atoms in total. The number of aryl methyl sites for hydroxylation is 1. The molecule has 1 atom stereocenters. The number of nitrogens with zero attached hydrogens (tertiary/aromatic N) is 1. The summed E-state index contributed by atoms with van der Waals surface area (Å²) in [5.41, 5.74) is 1.86. The van der Waals surface area contributed by atoms with Crippen LogP contribution in [0, 0.1) is 5.82 Å². The van der Waals surface area contributed by atoms with Gasteiger partial charge in [-0.15, -0.1) is 0 Å². The predicted octanol–water partition coefficient (Wildman–Crippen LogP) is 4.31. The van der Waals surface area contributed by atoms with Gasteiger partial charge in [-0.1, -0.05) is 48.5 Å². The molecule has 0 unspecified atom stereocenters. The third kappa shape index (κ3) is 7.59. The second-order valence-corrected chi connectivity index (χ2v) is 10.0. The van der Waals surface area contributed by atoms with Gasteiger partial charge >= 0.3 is 0 Å². The normalized spacial score (nSPS) is 12.1. The third-order valence-corrected chi connectivity index (χ3v) is 6.42. The summed E-state index contributed by atoms with van der Waals surface area (Å²) in [6.07, 6.45) is 2.75. The molecule has 34 heavy (non-hydrogen) atoms. The summed E-state index contributed by atoms with van der Waals surface area (Å²) in [5.74, 6) is -0.280. The van der Waals surface area contributed by atoms with Crippen molar-refractivity contribution in [1.29, 1.82) is 0 Å². The molecule has 0 spiro atoms. The zero-order valence-electron chi connectivity index (χ0n) is 19.3. The summed E-state index contributed by atoms with van der Waals surface area (Å²) in [6, 6.07) is 22.4. The van der Waals surface area contributed by atoms with Crippen molar-refractivity contribution in [2.45, 2.75) is 32.4 Å². The summed E-state index contributed by atoms with van der Waals surface area (Å²) in [4.78, 5) is 12.2. The molecule has 3 aromatic carbocycles. The van der Waals surface area contributed by atoms with Crippen LogP contribution in [0.3, 0.4) is 0 Å². The Morgan fingerprint density at radius 3 is 2.29 bits per heavy atom. The van der Waals surface area contributed by atoms with E-state index >= 15 is 0 Å². The molecule has 8 heteroatoms. The van der Waals surface area contributed by atoms with Gasteiger partial charge in [-0.05, 0) is 55.7 Å². The Kier molecular flexibility index (Phi) is 8.65. The number of hydrogen-bond donors (Lipinski definition) is 1. The van der Waals surface area contributed by atoms with Gasteiger partial charge in [0.25, 0.3) is 5.91 Å². The number of amides is 1. The van der Waals surface area contributed by atoms with Crippen molar-refractivity contribution >= 4 is 21.6 Å². The first-order valence-corrected chi connectivity index (χ1v) is 12.8. The highest BCUT2D eigenvalue weighted by atomic mass is 32.2. The van der Waals surface area contributed by atoms with Crippen molar-refractivity contribution in [1.82, 2.24) is 5.32 Å². The molecule has 1 N–H and O–H groups in total. The van der Waals surface area contributed by atoms with E-state index in [9.17, 15) is 17.6 Å². The number of benzene rings is 3. The van der Waals surface area contributed by atoms with Gasteiger partial charge in [0.05, 0.1) is 18.5 Å². The molecule has 0 aromatic heterocycles. The van der Waals surface area contributed by atoms with Gasteiger partial charge in [-0.25, -0.2) is 12.8 Å². The Morgan fingerprint density at radius 2 is 1.65 bits per heavy atom. The van der Waals surface area contributed by atoms with Crippen LogP contribution in [0.1, 0.15) is 24.5 Å². The first-order chi connectivity index (χ1) is 16.2. The minimum absolute atomic E-state index is 0.000355. The van der Waals surface area contributed by atoms with Crippen LogP contribution in [-0.4, -0.2) is 33.2 Å². The van der Waals surface area contributed by atoms with Gasteiger partial charge in [-0.2, -0.15) is 0 Å². The van der Waals surface area contributed by atoms with E-state index < -0.39 is 15.8 Å². The van der Waals surface area contributed by atoms with Crippen molar-refractivity contribution in [2.24, 2.45) is 0 Å². The Morgan fingerprint density at radius 1 is 1.00 bits per heavy atom. The maximum absolute atomic E-state index is 14.0. The number of nitrogens with one attached hydrogen (secondary N) is 1. The SMILES string of the molecule is C[C@H](CCc1ccccc1)NC(=O)COc1ccc(N(Cc2ccccc2F)S(C)(=O)=O)cc1. The largest absolute Gasteiger partial charge is 0.484 e. The van der Waals surface area contributed by atoms with Crippen molar-refractivity contribution in [3.63, 3.8) is 0 Å². The van der Waals surface area contributed by atoms with E-state index in [2.05, 4.69) is 17.4 Å². The van der Waals surface area contributed by atoms with Crippen LogP contribution >= 0.6 is 0 Å². The van der Waals surface area contributed by atoms with Crippen LogP contribution in [0.15, 0.2) is 78.9 Å². The van der Waals surface area contributed by atoms with Gasteiger partial charge in [-0.3, -0.25) is 9.10 Å². The van der Waals surface area contributed by atoms with E-state index in [4.69, 9.17) is 4.74 Å². The van der Waals surface area contributed by atoms with Crippen molar-refractivity contribution < 1.29 is 22.3 Å². The first-order valence-electron chi connectivity index (χ1n) is 11.0. The summed E-state index contributed by atoms with van der Waals surface area (Å²) in [7, 11) is -3.65. The lowest BCUT2D eigenvalue weighted by Crippen LogP contribution is -2.36. The summed E-state index contributed by atoms with van der Waals surface area (Å²) in [6.45, 7) is 1.67. The Balaban J connectivity index is 1.53. The van der Waals surface area contributed by atoms with Crippen LogP contribution in [0.25, 0.3) is 0 Å². The van der Waals surface area contributed by atoms with Gasteiger partial charge in [0.15, 0.2) is 6.61 Å². The summed E-state index contributed by atoms with van der Waals surface area (Å²) >= 11 is 0. The molecular formula is C26H29FN2O4S. The molecule has 0 aliphatic carbocycles. The van der Waals surface area contributed by atoms with Crippen LogP contribution < -0.4 is 14.4 Å². The molecule has 3 aromatic rings. The fourth-order valence-corrected chi connectivity index (χ4v) is 4.33. The van der Waals surface area contributed by atoms with E-state index in [1.54, 1.807) is 42.5 Å². The highest BCUT2D eigenvalue weighted by molar-refractivity contribution is 7.92. The van der Waals surface area contributed by atoms with Gasteiger partial charge in [0, 0.05) is 11.6 Å². The first kappa shape index (κ1) is 25.2. The van der Waals surface area contributed by atoms with E-state index in [1.165, 1.54) is 11.6 Å². The molecular weight excluding hydrogens is 455 g/mol. The standard InChI is InChI=1S/C26H29FN2O4S/c1-20(12-13-21-8-4-3-5-9-21)28-26(30)19-33-24-16-14-23(15-17-24)29(34(2,31)32)18-22-10-6-7-11-25(22)27/h3-11,14-17,20H,12-13,18-19H2,1-2H3,(H,28,30)/t20-/m1/s1. The number of carbonyl (C=O) groups excluding carboxylic acids is 1. The van der Waals surface area contributed by atoms with Crippen LogP contribution in [0.4, 0.5) is 10.1 Å². The second-order valence-electron chi connectivity index (χ2n) is 8.14. The summed E-state index contributed by atoms with van der Waals surface area (Å²) in [5, 5.41) is 2.92. The molecule has 1 amide bonds. The smallest absolute Gasteiger partial charge is 0.258 e. The van der Waals surface area contributed by atoms with Crippen LogP contribution in [0.5, 0.6) is 5.75 Å². The lowest BCUT2D eigenvalue weighted by atomic mass is 10.1. The average Bonchev–Trinajstić information content (AvgIpc) is 2.81. The number of rotatable bonds is 11. The van der Waals surface area contributed by atoms with Crippen molar-refractivity contribution in [3.05, 3.63) is 95.8 Å². The monoisotopic (exact) mass is 484 g/mol. The molecule has 0 aliphatic heterocycles. The molecule has 0 heterocycles. The molecule has 0 saturated carbocycles. The predicted molar refractivity (Wildman–Crippen MR) is 132 cm³/mol. The third-order valence-electron chi connectivity index (χ3n) is 5.28. The maximum Gasteiger partial charge on any atom is 0.258 e. The molecule has 0 bridgehead atoms. The van der Waals surface area contributed by atoms with Crippen molar-refractivity contribution in [3.8, 4) is 5.75 Å². The minimum Gasteiger partial charge on any atom is -0.484 e. The molecule has 0 fully saturated rings. The Hall–Kier alpha value is -3.39. The average molecular weight is 485 g/mol. The Bertz CT molecular complexity index is 1180. The molecule has 0 radical (unpaired) electrons. The molecule has 0 saturated heterocycles. The molecule has 0 aliphatic rings. The minimum atomic E-state index is -3.65. The second kappa shape index (κ2) is 11.7. The summed E-state index contributed by atoms with van der Waals surface area (Å²) < 4.78 is 45.3. The van der Waals surface area contributed by atoms with E-state index in [1.807, 2.05) is 25.1 Å². The zero-order chi connectivity index (χ0) is 24.6.